The molecular formula is C55H50N2O. The molecule has 3 nitrogen and oxygen atoms in total. The van der Waals surface area contributed by atoms with Crippen molar-refractivity contribution in [3.8, 4) is 16.8 Å². The first-order chi connectivity index (χ1) is 28.2. The molecule has 0 atom stereocenters. The van der Waals surface area contributed by atoms with Crippen molar-refractivity contribution in [3.63, 3.8) is 0 Å². The molecule has 2 aromatic heterocycles. The summed E-state index contributed by atoms with van der Waals surface area (Å²) in [7, 11) is 0. The lowest BCUT2D eigenvalue weighted by molar-refractivity contribution is 0.332. The van der Waals surface area contributed by atoms with Gasteiger partial charge in [0.15, 0.2) is 0 Å². The lowest BCUT2D eigenvalue weighted by atomic mass is 9.63. The van der Waals surface area contributed by atoms with Crippen LogP contribution < -0.4 is 4.90 Å². The van der Waals surface area contributed by atoms with Crippen LogP contribution in [0.15, 0.2) is 156 Å². The van der Waals surface area contributed by atoms with Crippen molar-refractivity contribution >= 4 is 60.8 Å². The number of fused-ring (bicyclic) bond motifs is 7. The van der Waals surface area contributed by atoms with Gasteiger partial charge in [-0.3, -0.25) is 0 Å². The van der Waals surface area contributed by atoms with Crippen molar-refractivity contribution in [1.82, 2.24) is 4.57 Å². The minimum Gasteiger partial charge on any atom is -0.456 e. The molecule has 0 aliphatic heterocycles. The van der Waals surface area contributed by atoms with Gasteiger partial charge in [0.05, 0.1) is 16.7 Å². The maximum absolute atomic E-state index is 6.34. The van der Waals surface area contributed by atoms with E-state index in [1.807, 2.05) is 6.07 Å². The number of nitrogens with zero attached hydrogens (tertiary/aromatic N) is 2. The van der Waals surface area contributed by atoms with E-state index in [0.29, 0.717) is 5.92 Å². The number of anilines is 3. The first-order valence-electron chi connectivity index (χ1n) is 21.3. The lowest BCUT2D eigenvalue weighted by Gasteiger charge is -2.42. The number of furan rings is 1. The van der Waals surface area contributed by atoms with Gasteiger partial charge in [0.2, 0.25) is 0 Å². The van der Waals surface area contributed by atoms with Gasteiger partial charge in [-0.1, -0.05) is 125 Å². The summed E-state index contributed by atoms with van der Waals surface area (Å²) in [6.45, 7) is 9.72. The highest BCUT2D eigenvalue weighted by molar-refractivity contribution is 6.17. The third-order valence-corrected chi connectivity index (χ3v) is 13.8. The predicted octanol–water partition coefficient (Wildman–Crippen LogP) is 15.8. The van der Waals surface area contributed by atoms with E-state index in [4.69, 9.17) is 4.42 Å². The van der Waals surface area contributed by atoms with E-state index < -0.39 is 0 Å². The van der Waals surface area contributed by atoms with Crippen molar-refractivity contribution in [3.05, 3.63) is 168 Å². The Kier molecular flexibility index (Phi) is 8.02. The molecule has 286 valence electrons. The summed E-state index contributed by atoms with van der Waals surface area (Å²) in [6.07, 6.45) is 7.58. The summed E-state index contributed by atoms with van der Waals surface area (Å²) in [5, 5.41) is 4.79. The Morgan fingerprint density at radius 2 is 1.24 bits per heavy atom. The summed E-state index contributed by atoms with van der Waals surface area (Å²) in [5.41, 5.74) is 16.1. The number of hydrogen-bond acceptors (Lipinski definition) is 2. The Balaban J connectivity index is 1.18. The molecule has 1 saturated carbocycles. The topological polar surface area (TPSA) is 21.3 Å². The fourth-order valence-electron chi connectivity index (χ4n) is 10.5. The number of rotatable bonds is 6. The first kappa shape index (κ1) is 35.1. The number of benzene rings is 7. The minimum atomic E-state index is 0.110. The van der Waals surface area contributed by atoms with E-state index in [-0.39, 0.29) is 10.8 Å². The third kappa shape index (κ3) is 5.62. The second-order valence-electron chi connectivity index (χ2n) is 18.3. The van der Waals surface area contributed by atoms with Crippen molar-refractivity contribution in [1.29, 1.82) is 0 Å². The molecule has 1 fully saturated rings. The molecule has 0 amide bonds. The molecule has 0 N–H and O–H groups in total. The summed E-state index contributed by atoms with van der Waals surface area (Å²) in [5.74, 6) is 0.620. The largest absolute Gasteiger partial charge is 0.456 e. The molecule has 58 heavy (non-hydrogen) atoms. The van der Waals surface area contributed by atoms with Gasteiger partial charge in [0, 0.05) is 38.6 Å². The quantitative estimate of drug-likeness (QED) is 0.169. The molecule has 0 unspecified atom stereocenters. The highest BCUT2D eigenvalue weighted by Gasteiger charge is 2.37. The summed E-state index contributed by atoms with van der Waals surface area (Å²) in [4.78, 5) is 2.46. The van der Waals surface area contributed by atoms with Gasteiger partial charge >= 0.3 is 0 Å². The SMILES string of the molecule is CC1(C)CCC(C)(C)c2cc(-n3c4cc(C5CCCC5)ccc4c4c(N(c5ccc(-c6ccccc6)cc5)c5ccc6oc7ccccc7c6c5)cccc43)ccc21. The maximum Gasteiger partial charge on any atom is 0.135 e. The molecule has 9 aromatic rings. The van der Waals surface area contributed by atoms with Crippen molar-refractivity contribution in [2.75, 3.05) is 4.90 Å². The predicted molar refractivity (Wildman–Crippen MR) is 245 cm³/mol. The summed E-state index contributed by atoms with van der Waals surface area (Å²) in [6, 6.07) is 56.5. The Morgan fingerprint density at radius 3 is 2.05 bits per heavy atom. The van der Waals surface area contributed by atoms with Crippen LogP contribution in [0.5, 0.6) is 0 Å². The first-order valence-corrected chi connectivity index (χ1v) is 21.3. The zero-order valence-electron chi connectivity index (χ0n) is 34.1. The molecule has 2 heterocycles. The van der Waals surface area contributed by atoms with E-state index in [1.165, 1.54) is 93.8 Å². The zero-order chi connectivity index (χ0) is 39.2. The van der Waals surface area contributed by atoms with Crippen LogP contribution in [0.25, 0.3) is 60.6 Å². The third-order valence-electron chi connectivity index (χ3n) is 13.8. The van der Waals surface area contributed by atoms with Crippen LogP contribution >= 0.6 is 0 Å². The molecule has 7 aromatic carbocycles. The van der Waals surface area contributed by atoms with Gasteiger partial charge in [-0.15, -0.1) is 0 Å². The van der Waals surface area contributed by atoms with E-state index >= 15 is 0 Å². The van der Waals surface area contributed by atoms with Crippen molar-refractivity contribution in [2.24, 2.45) is 0 Å². The van der Waals surface area contributed by atoms with Crippen LogP contribution in [0.3, 0.4) is 0 Å². The van der Waals surface area contributed by atoms with E-state index in [1.54, 1.807) is 0 Å². The molecule has 2 aliphatic carbocycles. The van der Waals surface area contributed by atoms with Crippen LogP contribution in [0.2, 0.25) is 0 Å². The highest BCUT2D eigenvalue weighted by Crippen LogP contribution is 2.49. The number of hydrogen-bond donors (Lipinski definition) is 0. The molecule has 3 heteroatoms. The lowest BCUT2D eigenvalue weighted by Crippen LogP contribution is -2.33. The second-order valence-corrected chi connectivity index (χ2v) is 18.3. The van der Waals surface area contributed by atoms with Crippen molar-refractivity contribution < 1.29 is 4.42 Å². The van der Waals surface area contributed by atoms with Gasteiger partial charge in [-0.25, -0.2) is 0 Å². The molecule has 2 aliphatic rings. The highest BCUT2D eigenvalue weighted by atomic mass is 16.3. The van der Waals surface area contributed by atoms with Gasteiger partial charge in [0.25, 0.3) is 0 Å². The molecular weight excluding hydrogens is 705 g/mol. The molecule has 0 spiro atoms. The Morgan fingerprint density at radius 1 is 0.534 bits per heavy atom. The zero-order valence-corrected chi connectivity index (χ0v) is 34.1. The Bertz CT molecular complexity index is 3010. The van der Waals surface area contributed by atoms with E-state index in [2.05, 4.69) is 183 Å². The van der Waals surface area contributed by atoms with Gasteiger partial charge < -0.3 is 13.9 Å². The van der Waals surface area contributed by atoms with Crippen LogP contribution in [0, 0.1) is 0 Å². The average Bonchev–Trinajstić information content (AvgIpc) is 4.00. The standard InChI is InChI=1S/C55H50N2O/c1-54(2)31-32-55(3,4)47-35-42(26-29-46(47)54)57-49-19-12-18-48(53(49)44-28-23-39(33-50(44)57)37-15-8-9-16-37)56(40-24-21-38(22-25-40)36-13-6-5-7-14-36)41-27-30-52-45(34-41)43-17-10-11-20-51(43)58-52/h5-7,10-14,17-30,33-35,37H,8-9,15-16,31-32H2,1-4H3. The number of aromatic nitrogens is 1. The van der Waals surface area contributed by atoms with Crippen LogP contribution in [0.4, 0.5) is 17.1 Å². The van der Waals surface area contributed by atoms with Gasteiger partial charge in [-0.05, 0) is 137 Å². The van der Waals surface area contributed by atoms with Crippen molar-refractivity contribution in [2.45, 2.75) is 83.0 Å². The van der Waals surface area contributed by atoms with Crippen LogP contribution in [0.1, 0.15) is 88.8 Å². The molecule has 0 bridgehead atoms. The minimum absolute atomic E-state index is 0.110. The molecule has 0 saturated heterocycles. The number of para-hydroxylation sites is 1. The summed E-state index contributed by atoms with van der Waals surface area (Å²) < 4.78 is 8.92. The molecule has 0 radical (unpaired) electrons. The Hall–Kier alpha value is -6.06. The smallest absolute Gasteiger partial charge is 0.135 e. The summed E-state index contributed by atoms with van der Waals surface area (Å²) >= 11 is 0. The van der Waals surface area contributed by atoms with Crippen LogP contribution in [-0.4, -0.2) is 4.57 Å². The maximum atomic E-state index is 6.34. The van der Waals surface area contributed by atoms with E-state index in [0.717, 1.165) is 39.0 Å². The van der Waals surface area contributed by atoms with E-state index in [9.17, 15) is 0 Å². The Labute approximate surface area is 341 Å². The second kappa shape index (κ2) is 13.2. The fourth-order valence-corrected chi connectivity index (χ4v) is 10.5. The van der Waals surface area contributed by atoms with Gasteiger partial charge in [0.1, 0.15) is 11.2 Å². The fraction of sp³-hybridized carbons (Fsp3) is 0.236. The molecule has 11 rings (SSSR count). The van der Waals surface area contributed by atoms with Crippen LogP contribution in [-0.2, 0) is 10.8 Å². The van der Waals surface area contributed by atoms with Gasteiger partial charge in [-0.2, -0.15) is 0 Å². The normalized spacial score (nSPS) is 16.4. The monoisotopic (exact) mass is 754 g/mol. The average molecular weight is 755 g/mol.